The minimum absolute atomic E-state index is 0.0275. The Hall–Kier alpha value is -1.06. The van der Waals surface area contributed by atoms with Gasteiger partial charge in [0.2, 0.25) is 0 Å². The Balaban J connectivity index is 3.65. The molecule has 0 amide bonds. The van der Waals surface area contributed by atoms with Crippen LogP contribution in [0.5, 0.6) is 0 Å². The van der Waals surface area contributed by atoms with Gasteiger partial charge in [0.25, 0.3) is 0 Å². The van der Waals surface area contributed by atoms with Crippen LogP contribution in [0.2, 0.25) is 0 Å². The minimum Gasteiger partial charge on any atom is -0.481 e. The van der Waals surface area contributed by atoms with Crippen molar-refractivity contribution in [2.24, 2.45) is 0 Å². The fourth-order valence-corrected chi connectivity index (χ4v) is 6.72. The zero-order chi connectivity index (χ0) is 33.6. The quantitative estimate of drug-likeness (QED) is 0.0531. The zero-order valence-corrected chi connectivity index (χ0v) is 31.4. The summed E-state index contributed by atoms with van der Waals surface area (Å²) in [6, 6.07) is 0. The van der Waals surface area contributed by atoms with Crippen molar-refractivity contribution in [3.63, 3.8) is 0 Å². The number of carbonyl (C=O) groups excluding carboxylic acids is 1. The van der Waals surface area contributed by atoms with Crippen molar-refractivity contribution in [2.45, 2.75) is 258 Å². The predicted molar refractivity (Wildman–Crippen MR) is 200 cm³/mol. The second-order valence-electron chi connectivity index (χ2n) is 14.5. The normalized spacial score (nSPS) is 12.0. The van der Waals surface area contributed by atoms with E-state index < -0.39 is 5.97 Å². The van der Waals surface area contributed by atoms with Crippen molar-refractivity contribution in [1.29, 1.82) is 0 Å². The third kappa shape index (κ3) is 37.4. The number of aliphatic carboxylic acids is 1. The monoisotopic (exact) mass is 651 g/mol. The molecule has 0 aliphatic rings. The molecule has 0 radical (unpaired) electrons. The van der Waals surface area contributed by atoms with Crippen LogP contribution in [0.15, 0.2) is 0 Å². The van der Waals surface area contributed by atoms with Crippen molar-refractivity contribution in [3.8, 4) is 0 Å². The number of hydrogen-bond donors (Lipinski definition) is 1. The van der Waals surface area contributed by atoms with Crippen LogP contribution in [0.1, 0.15) is 251 Å². The number of ether oxygens (including phenoxy) is 1. The molecule has 1 unspecified atom stereocenters. The van der Waals surface area contributed by atoms with Crippen LogP contribution in [-0.2, 0) is 14.3 Å². The summed E-state index contributed by atoms with van der Waals surface area (Å²) in [6.07, 6.45) is 45.9. The molecule has 0 fully saturated rings. The van der Waals surface area contributed by atoms with Crippen LogP contribution in [0.3, 0.4) is 0 Å². The molecule has 0 rings (SSSR count). The first-order valence-electron chi connectivity index (χ1n) is 21.0. The summed E-state index contributed by atoms with van der Waals surface area (Å²) in [4.78, 5) is 23.2. The van der Waals surface area contributed by atoms with Gasteiger partial charge in [0, 0.05) is 12.8 Å². The molecule has 0 aromatic heterocycles. The molecule has 0 aromatic rings. The summed E-state index contributed by atoms with van der Waals surface area (Å²) in [5, 5.41) is 8.72. The molecule has 0 aromatic carbocycles. The van der Waals surface area contributed by atoms with Crippen LogP contribution in [0, 0.1) is 0 Å². The molecular weight excluding hydrogens is 568 g/mol. The van der Waals surface area contributed by atoms with Crippen LogP contribution in [0.25, 0.3) is 0 Å². The molecule has 1 atom stereocenters. The van der Waals surface area contributed by atoms with Gasteiger partial charge in [0.1, 0.15) is 6.10 Å². The van der Waals surface area contributed by atoms with E-state index in [2.05, 4.69) is 13.8 Å². The summed E-state index contributed by atoms with van der Waals surface area (Å²) >= 11 is 0. The maximum Gasteiger partial charge on any atom is 0.306 e. The number of unbranched alkanes of at least 4 members (excludes halogenated alkanes) is 30. The number of esters is 1. The van der Waals surface area contributed by atoms with Crippen molar-refractivity contribution in [3.05, 3.63) is 0 Å². The number of carboxylic acids is 1. The Labute approximate surface area is 288 Å². The molecule has 1 N–H and O–H groups in total. The lowest BCUT2D eigenvalue weighted by atomic mass is 10.0. The Morgan fingerprint density at radius 3 is 0.978 bits per heavy atom. The molecule has 4 nitrogen and oxygen atoms in total. The fraction of sp³-hybridized carbons (Fsp3) is 0.952. The van der Waals surface area contributed by atoms with E-state index in [0.29, 0.717) is 12.8 Å². The molecule has 0 aliphatic heterocycles. The lowest BCUT2D eigenvalue weighted by Crippen LogP contribution is -2.18. The second-order valence-corrected chi connectivity index (χ2v) is 14.5. The molecular formula is C42H82O4. The smallest absolute Gasteiger partial charge is 0.306 e. The standard InChI is InChI=1S/C42H82O4/c1-3-5-7-9-10-11-12-13-14-15-16-17-18-19-20-21-22-23-28-31-35-39-42(45)46-40(36-32-8-6-4-2)37-33-29-26-24-25-27-30-34-38-41(43)44/h40H,3-39H2,1-2H3,(H,43,44). The molecule has 0 spiro atoms. The SMILES string of the molecule is CCCCCCCCCCCCCCCCCCCCCCCC(=O)OC(CCCCCC)CCCCCCCCCCC(=O)O. The van der Waals surface area contributed by atoms with Crippen molar-refractivity contribution < 1.29 is 19.4 Å². The summed E-state index contributed by atoms with van der Waals surface area (Å²) in [7, 11) is 0. The highest BCUT2D eigenvalue weighted by Crippen LogP contribution is 2.19. The molecule has 4 heteroatoms. The third-order valence-electron chi connectivity index (χ3n) is 9.83. The Morgan fingerprint density at radius 1 is 0.391 bits per heavy atom. The second kappa shape index (κ2) is 38.4. The van der Waals surface area contributed by atoms with Gasteiger partial charge in [-0.15, -0.1) is 0 Å². The lowest BCUT2D eigenvalue weighted by Gasteiger charge is -2.18. The van der Waals surface area contributed by atoms with Crippen molar-refractivity contribution in [2.75, 3.05) is 0 Å². The van der Waals surface area contributed by atoms with E-state index in [0.717, 1.165) is 51.4 Å². The first-order chi connectivity index (χ1) is 22.6. The highest BCUT2D eigenvalue weighted by molar-refractivity contribution is 5.69. The zero-order valence-electron chi connectivity index (χ0n) is 31.4. The Bertz CT molecular complexity index is 619. The highest BCUT2D eigenvalue weighted by Gasteiger charge is 2.14. The molecule has 46 heavy (non-hydrogen) atoms. The summed E-state index contributed by atoms with van der Waals surface area (Å²) in [6.45, 7) is 4.54. The molecule has 0 saturated carbocycles. The summed E-state index contributed by atoms with van der Waals surface area (Å²) in [5.74, 6) is -0.652. The average Bonchev–Trinajstić information content (AvgIpc) is 3.04. The van der Waals surface area contributed by atoms with E-state index in [-0.39, 0.29) is 12.1 Å². The van der Waals surface area contributed by atoms with E-state index in [4.69, 9.17) is 9.84 Å². The summed E-state index contributed by atoms with van der Waals surface area (Å²) < 4.78 is 5.98. The van der Waals surface area contributed by atoms with Gasteiger partial charge >= 0.3 is 11.9 Å². The van der Waals surface area contributed by atoms with E-state index >= 15 is 0 Å². The van der Waals surface area contributed by atoms with Gasteiger partial charge in [0.05, 0.1) is 0 Å². The largest absolute Gasteiger partial charge is 0.481 e. The van der Waals surface area contributed by atoms with Crippen LogP contribution in [0.4, 0.5) is 0 Å². The van der Waals surface area contributed by atoms with Gasteiger partial charge in [-0.05, 0) is 38.5 Å². The van der Waals surface area contributed by atoms with Gasteiger partial charge in [-0.1, -0.05) is 200 Å². The predicted octanol–water partition coefficient (Wildman–Crippen LogP) is 14.5. The number of carbonyl (C=O) groups is 2. The van der Waals surface area contributed by atoms with E-state index in [1.807, 2.05) is 0 Å². The highest BCUT2D eigenvalue weighted by atomic mass is 16.5. The van der Waals surface area contributed by atoms with Crippen molar-refractivity contribution in [1.82, 2.24) is 0 Å². The molecule has 0 bridgehead atoms. The molecule has 0 aliphatic carbocycles. The first-order valence-corrected chi connectivity index (χ1v) is 21.0. The van der Waals surface area contributed by atoms with E-state index in [1.165, 1.54) is 173 Å². The van der Waals surface area contributed by atoms with Gasteiger partial charge in [-0.3, -0.25) is 9.59 Å². The Kier molecular flexibility index (Phi) is 37.5. The van der Waals surface area contributed by atoms with E-state index in [1.54, 1.807) is 0 Å². The number of carboxylic acid groups (broad SMARTS) is 1. The van der Waals surface area contributed by atoms with Gasteiger partial charge in [0.15, 0.2) is 0 Å². The first kappa shape index (κ1) is 44.9. The third-order valence-corrected chi connectivity index (χ3v) is 9.83. The van der Waals surface area contributed by atoms with Crippen LogP contribution >= 0.6 is 0 Å². The number of hydrogen-bond acceptors (Lipinski definition) is 3. The lowest BCUT2D eigenvalue weighted by molar-refractivity contribution is -0.150. The number of rotatable bonds is 39. The molecule has 0 heterocycles. The van der Waals surface area contributed by atoms with Gasteiger partial charge in [-0.25, -0.2) is 0 Å². The van der Waals surface area contributed by atoms with Gasteiger partial charge in [-0.2, -0.15) is 0 Å². The molecule has 274 valence electrons. The van der Waals surface area contributed by atoms with E-state index in [9.17, 15) is 9.59 Å². The van der Waals surface area contributed by atoms with Crippen LogP contribution < -0.4 is 0 Å². The average molecular weight is 651 g/mol. The molecule has 0 saturated heterocycles. The maximum absolute atomic E-state index is 12.6. The van der Waals surface area contributed by atoms with Gasteiger partial charge < -0.3 is 9.84 Å². The fourth-order valence-electron chi connectivity index (χ4n) is 6.72. The maximum atomic E-state index is 12.6. The Morgan fingerprint density at radius 2 is 0.652 bits per heavy atom. The summed E-state index contributed by atoms with van der Waals surface area (Å²) in [5.41, 5.74) is 0. The van der Waals surface area contributed by atoms with Crippen LogP contribution in [-0.4, -0.2) is 23.1 Å². The van der Waals surface area contributed by atoms with Crippen molar-refractivity contribution >= 4 is 11.9 Å². The topological polar surface area (TPSA) is 63.6 Å². The minimum atomic E-state index is -0.680.